The number of carboxylic acid groups (broad SMARTS) is 1. The van der Waals surface area contributed by atoms with Gasteiger partial charge in [0, 0.05) is 23.6 Å². The Hall–Kier alpha value is -0.600. The molecule has 0 unspecified atom stereocenters. The van der Waals surface area contributed by atoms with Crippen molar-refractivity contribution in [1.29, 1.82) is 0 Å². The van der Waals surface area contributed by atoms with Crippen LogP contribution < -0.4 is 0 Å². The molecule has 1 aliphatic rings. The first-order valence-corrected chi connectivity index (χ1v) is 11.9. The number of hydrogen-bond acceptors (Lipinski definition) is 5. The van der Waals surface area contributed by atoms with Crippen molar-refractivity contribution in [1.82, 2.24) is 0 Å². The van der Waals surface area contributed by atoms with E-state index in [1.165, 1.54) is 11.3 Å². The minimum atomic E-state index is -0.811. The molecule has 0 spiro atoms. The first kappa shape index (κ1) is 25.7. The fourth-order valence-electron chi connectivity index (χ4n) is 3.65. The van der Waals surface area contributed by atoms with Crippen molar-refractivity contribution in [2.75, 3.05) is 0 Å². The average Bonchev–Trinajstić information content (AvgIpc) is 3.09. The molecule has 1 fully saturated rings. The molecular weight excluding hydrogens is 471 g/mol. The monoisotopic (exact) mass is 496 g/mol. The van der Waals surface area contributed by atoms with Gasteiger partial charge in [-0.05, 0) is 38.0 Å². The third kappa shape index (κ3) is 7.52. The van der Waals surface area contributed by atoms with E-state index in [1.54, 1.807) is 12.2 Å². The normalized spacial score (nSPS) is 25.5. The standard InChI is InChI=1S/C21H27Cl3O5S/c22-19-17(30-21(24)20(19)23)10-8-12(25)7-9-14-13(15(26)11-16(14)27)5-3-1-2-4-6-18(28)29/h1,3,7,9,12-16,25-27H,2,4-6,8,10-11H2,(H,28,29)/b3-1+,9-7+/t12-,13-,14-,15+,16-/m1/s1. The summed E-state index contributed by atoms with van der Waals surface area (Å²) in [6, 6.07) is 0. The van der Waals surface area contributed by atoms with E-state index < -0.39 is 24.3 Å². The van der Waals surface area contributed by atoms with Gasteiger partial charge in [0.25, 0.3) is 0 Å². The van der Waals surface area contributed by atoms with E-state index in [-0.39, 0.29) is 18.3 Å². The molecule has 5 nitrogen and oxygen atoms in total. The van der Waals surface area contributed by atoms with Gasteiger partial charge in [-0.25, -0.2) is 0 Å². The van der Waals surface area contributed by atoms with Gasteiger partial charge in [0.2, 0.25) is 0 Å². The highest BCUT2D eigenvalue weighted by Gasteiger charge is 2.39. The van der Waals surface area contributed by atoms with Gasteiger partial charge >= 0.3 is 5.97 Å². The number of allylic oxidation sites excluding steroid dienone is 2. The molecule has 2 rings (SSSR count). The highest BCUT2D eigenvalue weighted by atomic mass is 35.5. The quantitative estimate of drug-likeness (QED) is 0.251. The number of thiophene rings is 1. The van der Waals surface area contributed by atoms with Gasteiger partial charge in [-0.2, -0.15) is 0 Å². The van der Waals surface area contributed by atoms with Crippen molar-refractivity contribution in [2.45, 2.75) is 63.3 Å². The maximum Gasteiger partial charge on any atom is 0.303 e. The molecule has 9 heteroatoms. The Balaban J connectivity index is 1.86. The molecule has 0 saturated heterocycles. The zero-order valence-corrected chi connectivity index (χ0v) is 19.5. The van der Waals surface area contributed by atoms with Crippen LogP contribution in [0.1, 0.15) is 43.4 Å². The van der Waals surface area contributed by atoms with E-state index in [9.17, 15) is 20.1 Å². The molecule has 0 amide bonds. The molecule has 0 aliphatic heterocycles. The summed E-state index contributed by atoms with van der Waals surface area (Å²) in [6.07, 6.45) is 8.47. The maximum atomic E-state index is 10.5. The van der Waals surface area contributed by atoms with Crippen LogP contribution in [-0.4, -0.2) is 44.7 Å². The SMILES string of the molecule is O=C(O)CCC/C=C/C[C@@H]1[C@@H](/C=C/[C@@H](O)CCc2sc(Cl)c(Cl)c2Cl)[C@H](O)C[C@@H]1O. The smallest absolute Gasteiger partial charge is 0.303 e. The Labute approximate surface area is 195 Å². The minimum Gasteiger partial charge on any atom is -0.481 e. The second-order valence-electron chi connectivity index (χ2n) is 7.52. The molecule has 1 saturated carbocycles. The van der Waals surface area contributed by atoms with Crippen LogP contribution in [-0.2, 0) is 11.2 Å². The Kier molecular flexibility index (Phi) is 10.6. The number of unbranched alkanes of at least 4 members (excludes halogenated alkanes) is 1. The zero-order valence-electron chi connectivity index (χ0n) is 16.4. The van der Waals surface area contributed by atoms with E-state index in [2.05, 4.69) is 0 Å². The predicted molar refractivity (Wildman–Crippen MR) is 122 cm³/mol. The number of aryl methyl sites for hydroxylation is 1. The van der Waals surface area contributed by atoms with Crippen LogP contribution in [0.3, 0.4) is 0 Å². The summed E-state index contributed by atoms with van der Waals surface area (Å²) in [5, 5.41) is 40.3. The molecule has 1 heterocycles. The first-order chi connectivity index (χ1) is 14.2. The molecule has 30 heavy (non-hydrogen) atoms. The van der Waals surface area contributed by atoms with E-state index in [0.717, 1.165) is 4.88 Å². The van der Waals surface area contributed by atoms with Crippen molar-refractivity contribution in [3.05, 3.63) is 43.6 Å². The molecule has 0 bridgehead atoms. The number of aliphatic carboxylic acids is 1. The molecule has 1 aromatic heterocycles. The van der Waals surface area contributed by atoms with Gasteiger partial charge < -0.3 is 20.4 Å². The van der Waals surface area contributed by atoms with E-state index >= 15 is 0 Å². The molecule has 4 N–H and O–H groups in total. The number of rotatable bonds is 11. The number of hydrogen-bond donors (Lipinski definition) is 4. The van der Waals surface area contributed by atoms with Crippen molar-refractivity contribution >= 4 is 52.1 Å². The molecular formula is C21H27Cl3O5S. The largest absolute Gasteiger partial charge is 0.481 e. The van der Waals surface area contributed by atoms with Crippen molar-refractivity contribution in [3.8, 4) is 0 Å². The summed E-state index contributed by atoms with van der Waals surface area (Å²) < 4.78 is 0.434. The zero-order chi connectivity index (χ0) is 22.3. The lowest BCUT2D eigenvalue weighted by Gasteiger charge is -2.19. The van der Waals surface area contributed by atoms with Crippen LogP contribution in [0, 0.1) is 11.8 Å². The molecule has 1 aliphatic carbocycles. The van der Waals surface area contributed by atoms with Crippen LogP contribution in [0.5, 0.6) is 0 Å². The van der Waals surface area contributed by atoms with Gasteiger partial charge in [-0.3, -0.25) is 4.79 Å². The molecule has 0 radical (unpaired) electrons. The highest BCUT2D eigenvalue weighted by molar-refractivity contribution is 7.17. The summed E-state index contributed by atoms with van der Waals surface area (Å²) in [7, 11) is 0. The van der Waals surface area contributed by atoms with Crippen molar-refractivity contribution in [2.24, 2.45) is 11.8 Å². The lowest BCUT2D eigenvalue weighted by molar-refractivity contribution is -0.137. The predicted octanol–water partition coefficient (Wildman–Crippen LogP) is 5.12. The van der Waals surface area contributed by atoms with E-state index in [0.29, 0.717) is 52.9 Å². The summed E-state index contributed by atoms with van der Waals surface area (Å²) in [5.41, 5.74) is 0. The molecule has 1 aromatic rings. The van der Waals surface area contributed by atoms with Gasteiger partial charge in [0.15, 0.2) is 0 Å². The van der Waals surface area contributed by atoms with Gasteiger partial charge in [0.05, 0.1) is 28.4 Å². The fraction of sp³-hybridized carbons (Fsp3) is 0.571. The van der Waals surface area contributed by atoms with Gasteiger partial charge in [-0.15, -0.1) is 11.3 Å². The third-order valence-corrected chi connectivity index (χ3v) is 7.97. The van der Waals surface area contributed by atoms with Crippen LogP contribution >= 0.6 is 46.1 Å². The minimum absolute atomic E-state index is 0.132. The second kappa shape index (κ2) is 12.4. The van der Waals surface area contributed by atoms with Gasteiger partial charge in [-0.1, -0.05) is 59.1 Å². The van der Waals surface area contributed by atoms with Crippen LogP contribution in [0.25, 0.3) is 0 Å². The summed E-state index contributed by atoms with van der Waals surface area (Å²) in [4.78, 5) is 11.3. The Morgan fingerprint density at radius 2 is 1.90 bits per heavy atom. The number of carboxylic acids is 1. The third-order valence-electron chi connectivity index (χ3n) is 5.30. The van der Waals surface area contributed by atoms with E-state index in [4.69, 9.17) is 39.9 Å². The summed E-state index contributed by atoms with van der Waals surface area (Å²) >= 11 is 19.4. The van der Waals surface area contributed by atoms with Crippen LogP contribution in [0.15, 0.2) is 24.3 Å². The van der Waals surface area contributed by atoms with Crippen LogP contribution in [0.2, 0.25) is 14.4 Å². The number of halogens is 3. The Morgan fingerprint density at radius 1 is 1.17 bits per heavy atom. The Morgan fingerprint density at radius 3 is 2.53 bits per heavy atom. The summed E-state index contributed by atoms with van der Waals surface area (Å²) in [6.45, 7) is 0. The Bertz CT molecular complexity index is 764. The highest BCUT2D eigenvalue weighted by Crippen LogP contribution is 2.41. The number of aliphatic hydroxyl groups is 3. The van der Waals surface area contributed by atoms with Gasteiger partial charge in [0.1, 0.15) is 4.34 Å². The fourth-order valence-corrected chi connectivity index (χ4v) is 5.54. The lowest BCUT2D eigenvalue weighted by Crippen LogP contribution is -2.20. The maximum absolute atomic E-state index is 10.5. The number of aliphatic hydroxyl groups excluding tert-OH is 3. The lowest BCUT2D eigenvalue weighted by atomic mass is 9.89. The molecule has 5 atom stereocenters. The first-order valence-electron chi connectivity index (χ1n) is 9.92. The second-order valence-corrected chi connectivity index (χ2v) is 9.99. The van der Waals surface area contributed by atoms with E-state index in [1.807, 2.05) is 12.2 Å². The van der Waals surface area contributed by atoms with Crippen molar-refractivity contribution in [3.63, 3.8) is 0 Å². The molecule has 168 valence electrons. The topological polar surface area (TPSA) is 98.0 Å². The average molecular weight is 498 g/mol. The molecule has 0 aromatic carbocycles. The number of carbonyl (C=O) groups is 1. The summed E-state index contributed by atoms with van der Waals surface area (Å²) in [5.74, 6) is -1.22. The van der Waals surface area contributed by atoms with Crippen LogP contribution in [0.4, 0.5) is 0 Å². The van der Waals surface area contributed by atoms with Crippen molar-refractivity contribution < 1.29 is 25.2 Å².